The Labute approximate surface area is 98.9 Å². The first-order chi connectivity index (χ1) is 8.07. The Morgan fingerprint density at radius 3 is 2.53 bits per heavy atom. The van der Waals surface area contributed by atoms with Crippen LogP contribution in [-0.4, -0.2) is 22.1 Å². The van der Waals surface area contributed by atoms with Crippen molar-refractivity contribution in [3.8, 4) is 5.75 Å². The maximum absolute atomic E-state index is 10.9. The van der Waals surface area contributed by atoms with Crippen LogP contribution in [-0.2, 0) is 20.9 Å². The van der Waals surface area contributed by atoms with E-state index in [0.717, 1.165) is 11.3 Å². The fourth-order valence-corrected chi connectivity index (χ4v) is 1.56. The maximum atomic E-state index is 10.9. The number of hydrogen-bond donors (Lipinski definition) is 0. The highest BCUT2D eigenvalue weighted by Crippen LogP contribution is 2.12. The fourth-order valence-electron chi connectivity index (χ4n) is 1.13. The number of methoxy groups -OCH3 is 1. The Balaban J connectivity index is 2.48. The minimum atomic E-state index is -4.13. The summed E-state index contributed by atoms with van der Waals surface area (Å²) >= 11 is 0. The van der Waals surface area contributed by atoms with Gasteiger partial charge in [0.15, 0.2) is 0 Å². The highest BCUT2D eigenvalue weighted by molar-refractivity contribution is 7.85. The molecule has 0 heterocycles. The third-order valence-corrected chi connectivity index (χ3v) is 2.66. The smallest absolute Gasteiger partial charge is 0.358 e. The van der Waals surface area contributed by atoms with Gasteiger partial charge in [-0.25, -0.2) is 0 Å². The minimum Gasteiger partial charge on any atom is -0.497 e. The van der Waals surface area contributed by atoms with Crippen LogP contribution in [0.2, 0.25) is 0 Å². The van der Waals surface area contributed by atoms with E-state index < -0.39 is 10.3 Å². The first kappa shape index (κ1) is 13.3. The second-order valence-electron chi connectivity index (χ2n) is 3.02. The Morgan fingerprint density at radius 1 is 1.35 bits per heavy atom. The molecule has 0 saturated carbocycles. The number of hydrogen-bond acceptors (Lipinski definition) is 4. The van der Waals surface area contributed by atoms with Crippen molar-refractivity contribution in [2.45, 2.75) is 6.42 Å². The molecule has 0 aromatic heterocycles. The van der Waals surface area contributed by atoms with Crippen molar-refractivity contribution in [3.05, 3.63) is 40.3 Å². The van der Waals surface area contributed by atoms with Crippen LogP contribution >= 0.6 is 0 Å². The molecule has 0 amide bonds. The molecule has 7 nitrogen and oxygen atoms in total. The lowest BCUT2D eigenvalue weighted by Crippen LogP contribution is -2.05. The second kappa shape index (κ2) is 6.09. The molecular weight excluding hydrogens is 246 g/mol. The highest BCUT2D eigenvalue weighted by Gasteiger charge is 2.07. The average molecular weight is 257 g/mol. The van der Waals surface area contributed by atoms with E-state index in [2.05, 4.69) is 13.6 Å². The van der Waals surface area contributed by atoms with Crippen LogP contribution in [0.25, 0.3) is 10.4 Å². The molecule has 0 N–H and O–H groups in total. The number of ether oxygens (including phenoxy) is 1. The lowest BCUT2D eigenvalue weighted by atomic mass is 10.1. The first-order valence-electron chi connectivity index (χ1n) is 4.66. The molecule has 0 spiro atoms. The SMILES string of the molecule is COc1ccc(CCOS(=O)(=O)N=[N+]=[N-])cc1. The largest absolute Gasteiger partial charge is 0.497 e. The molecule has 1 rings (SSSR count). The Kier molecular flexibility index (Phi) is 4.77. The van der Waals surface area contributed by atoms with Gasteiger partial charge in [-0.2, -0.15) is 8.42 Å². The van der Waals surface area contributed by atoms with Gasteiger partial charge in [0.1, 0.15) is 5.75 Å². The molecule has 92 valence electrons. The highest BCUT2D eigenvalue weighted by atomic mass is 32.2. The van der Waals surface area contributed by atoms with Crippen LogP contribution in [0, 0.1) is 0 Å². The van der Waals surface area contributed by atoms with E-state index in [4.69, 9.17) is 10.3 Å². The van der Waals surface area contributed by atoms with Crippen LogP contribution in [0.1, 0.15) is 5.56 Å². The Bertz CT molecular complexity index is 506. The molecule has 0 aliphatic rings. The van der Waals surface area contributed by atoms with Crippen molar-refractivity contribution >= 4 is 10.3 Å². The van der Waals surface area contributed by atoms with Crippen LogP contribution in [0.3, 0.4) is 0 Å². The predicted molar refractivity (Wildman–Crippen MR) is 60.7 cm³/mol. The molecule has 0 fully saturated rings. The summed E-state index contributed by atoms with van der Waals surface area (Å²) in [6, 6.07) is 7.11. The summed E-state index contributed by atoms with van der Waals surface area (Å²) in [5.41, 5.74) is 8.85. The van der Waals surface area contributed by atoms with Gasteiger partial charge >= 0.3 is 10.3 Å². The van der Waals surface area contributed by atoms with E-state index in [1.807, 2.05) is 0 Å². The van der Waals surface area contributed by atoms with Gasteiger partial charge in [0.05, 0.1) is 18.2 Å². The van der Waals surface area contributed by atoms with Crippen molar-refractivity contribution in [1.29, 1.82) is 0 Å². The standard InChI is InChI=1S/C9H11N3O4S/c1-15-9-4-2-8(3-5-9)6-7-16-17(13,14)12-11-10/h2-5H,6-7H2,1H3. The van der Waals surface area contributed by atoms with Crippen molar-refractivity contribution < 1.29 is 17.3 Å². The molecule has 17 heavy (non-hydrogen) atoms. The number of azide groups is 1. The van der Waals surface area contributed by atoms with Crippen molar-refractivity contribution in [1.82, 2.24) is 0 Å². The Morgan fingerprint density at radius 2 is 2.00 bits per heavy atom. The summed E-state index contributed by atoms with van der Waals surface area (Å²) in [7, 11) is -2.57. The van der Waals surface area contributed by atoms with Crippen LogP contribution in [0.15, 0.2) is 28.8 Å². The third-order valence-electron chi connectivity index (χ3n) is 1.92. The summed E-state index contributed by atoms with van der Waals surface area (Å²) in [4.78, 5) is 2.15. The summed E-state index contributed by atoms with van der Waals surface area (Å²) in [6.45, 7) is -0.0757. The van der Waals surface area contributed by atoms with E-state index in [1.165, 1.54) is 0 Å². The van der Waals surface area contributed by atoms with Gasteiger partial charge in [0, 0.05) is 4.91 Å². The van der Waals surface area contributed by atoms with E-state index in [-0.39, 0.29) is 6.61 Å². The maximum Gasteiger partial charge on any atom is 0.358 e. The zero-order valence-electron chi connectivity index (χ0n) is 9.11. The summed E-state index contributed by atoms with van der Waals surface area (Å²) < 4.78 is 33.7. The molecular formula is C9H11N3O4S. The van der Waals surface area contributed by atoms with E-state index >= 15 is 0 Å². The van der Waals surface area contributed by atoms with Gasteiger partial charge in [-0.05, 0) is 29.6 Å². The molecule has 0 saturated heterocycles. The molecule has 1 aromatic carbocycles. The lowest BCUT2D eigenvalue weighted by molar-refractivity contribution is 0.322. The molecule has 0 aliphatic carbocycles. The summed E-state index contributed by atoms with van der Waals surface area (Å²) in [5.74, 6) is 0.719. The zero-order valence-corrected chi connectivity index (χ0v) is 9.92. The van der Waals surface area contributed by atoms with Crippen LogP contribution < -0.4 is 4.74 Å². The molecule has 8 heteroatoms. The minimum absolute atomic E-state index is 0.0757. The van der Waals surface area contributed by atoms with Gasteiger partial charge in [-0.15, -0.1) is 0 Å². The quantitative estimate of drug-likeness (QED) is 0.440. The van der Waals surface area contributed by atoms with Crippen molar-refractivity contribution in [3.63, 3.8) is 0 Å². The zero-order chi connectivity index (χ0) is 12.7. The first-order valence-corrected chi connectivity index (χ1v) is 6.02. The molecule has 0 bridgehead atoms. The normalized spacial score (nSPS) is 10.6. The van der Waals surface area contributed by atoms with Crippen LogP contribution in [0.5, 0.6) is 5.75 Å². The number of nitrogens with zero attached hydrogens (tertiary/aromatic N) is 3. The van der Waals surface area contributed by atoms with Gasteiger partial charge in [-0.1, -0.05) is 12.1 Å². The van der Waals surface area contributed by atoms with E-state index in [9.17, 15) is 8.42 Å². The van der Waals surface area contributed by atoms with Gasteiger partial charge in [0.25, 0.3) is 0 Å². The molecule has 0 atom stereocenters. The van der Waals surface area contributed by atoms with Crippen LogP contribution in [0.4, 0.5) is 0 Å². The molecule has 0 unspecified atom stereocenters. The summed E-state index contributed by atoms with van der Waals surface area (Å²) in [5, 5.41) is 0. The third kappa shape index (κ3) is 4.73. The fraction of sp³-hybridized carbons (Fsp3) is 0.333. The van der Waals surface area contributed by atoms with E-state index in [1.54, 1.807) is 31.4 Å². The second-order valence-corrected chi connectivity index (χ2v) is 4.27. The topological polar surface area (TPSA) is 101 Å². The van der Waals surface area contributed by atoms with Gasteiger partial charge in [0.2, 0.25) is 0 Å². The monoisotopic (exact) mass is 257 g/mol. The number of benzene rings is 1. The van der Waals surface area contributed by atoms with Gasteiger partial charge in [-0.3, -0.25) is 4.18 Å². The van der Waals surface area contributed by atoms with Crippen molar-refractivity contribution in [2.24, 2.45) is 4.52 Å². The number of rotatable bonds is 6. The lowest BCUT2D eigenvalue weighted by Gasteiger charge is -2.03. The molecule has 0 aliphatic heterocycles. The predicted octanol–water partition coefficient (Wildman–Crippen LogP) is 1.81. The molecule has 1 aromatic rings. The Hall–Kier alpha value is -1.76. The van der Waals surface area contributed by atoms with Gasteiger partial charge < -0.3 is 4.74 Å². The van der Waals surface area contributed by atoms with E-state index in [0.29, 0.717) is 6.42 Å². The summed E-state index contributed by atoms with van der Waals surface area (Å²) in [6.07, 6.45) is 0.393. The van der Waals surface area contributed by atoms with Crippen molar-refractivity contribution in [2.75, 3.05) is 13.7 Å². The average Bonchev–Trinajstić information content (AvgIpc) is 2.29. The molecule has 0 radical (unpaired) electrons.